The first-order valence-electron chi connectivity index (χ1n) is 8.11. The van der Waals surface area contributed by atoms with Crippen LogP contribution in [0, 0.1) is 0 Å². The molecule has 1 aromatic rings. The van der Waals surface area contributed by atoms with Gasteiger partial charge >= 0.3 is 0 Å². The highest BCUT2D eigenvalue weighted by atomic mass is 35.5. The van der Waals surface area contributed by atoms with Gasteiger partial charge in [-0.25, -0.2) is 0 Å². The van der Waals surface area contributed by atoms with Crippen LogP contribution >= 0.6 is 0 Å². The van der Waals surface area contributed by atoms with Crippen molar-refractivity contribution in [2.45, 2.75) is 6.42 Å². The summed E-state index contributed by atoms with van der Waals surface area (Å²) >= 11 is 0. The van der Waals surface area contributed by atoms with Crippen molar-refractivity contribution in [3.8, 4) is 5.75 Å². The summed E-state index contributed by atoms with van der Waals surface area (Å²) in [5.41, 5.74) is 5.20. The molecule has 0 atom stereocenters. The molecule has 2 rings (SSSR count). The van der Waals surface area contributed by atoms with E-state index in [0.717, 1.165) is 51.5 Å². The predicted octanol–water partition coefficient (Wildman–Crippen LogP) is -12.4. The van der Waals surface area contributed by atoms with E-state index >= 15 is 0 Å². The van der Waals surface area contributed by atoms with E-state index in [4.69, 9.17) is 9.84 Å². The molecule has 8 heteroatoms. The molecule has 1 saturated heterocycles. The Labute approximate surface area is 163 Å². The molecule has 0 spiro atoms. The Morgan fingerprint density at radius 3 is 1.96 bits per heavy atom. The molecule has 0 saturated carbocycles. The Balaban J connectivity index is 0. The minimum atomic E-state index is 0. The van der Waals surface area contributed by atoms with E-state index < -0.39 is 0 Å². The van der Waals surface area contributed by atoms with Gasteiger partial charge in [-0.2, -0.15) is 0 Å². The summed E-state index contributed by atoms with van der Waals surface area (Å²) in [5.74, 6) is 0.965. The van der Waals surface area contributed by atoms with Crippen molar-refractivity contribution in [1.29, 1.82) is 0 Å². The zero-order chi connectivity index (χ0) is 14.9. The number of ether oxygens (including phenoxy) is 1. The smallest absolute Gasteiger partial charge is 0.137 e. The zero-order valence-corrected chi connectivity index (χ0v) is 16.3. The van der Waals surface area contributed by atoms with Gasteiger partial charge in [0, 0.05) is 6.42 Å². The van der Waals surface area contributed by atoms with E-state index in [1.165, 1.54) is 23.6 Å². The van der Waals surface area contributed by atoms with Gasteiger partial charge in [0.25, 0.3) is 0 Å². The third-order valence-corrected chi connectivity index (χ3v) is 4.24. The maximum absolute atomic E-state index is 8.95. The van der Waals surface area contributed by atoms with Crippen molar-refractivity contribution in [3.05, 3.63) is 29.8 Å². The first-order valence-corrected chi connectivity index (χ1v) is 8.11. The molecule has 6 N–H and O–H groups in total. The fourth-order valence-electron chi connectivity index (χ4n) is 2.88. The van der Waals surface area contributed by atoms with Gasteiger partial charge in [-0.15, -0.1) is 0 Å². The Hall–Kier alpha value is -0.270. The van der Waals surface area contributed by atoms with E-state index in [1.54, 1.807) is 4.90 Å². The summed E-state index contributed by atoms with van der Waals surface area (Å²) in [6.45, 7) is 8.66. The van der Waals surface area contributed by atoms with E-state index in [1.807, 2.05) is 0 Å². The second kappa shape index (κ2) is 15.0. The Morgan fingerprint density at radius 2 is 1.46 bits per heavy atom. The molecule has 0 unspecified atom stereocenters. The molecular weight excluding hydrogens is 373 g/mol. The highest BCUT2D eigenvalue weighted by Crippen LogP contribution is 2.11. The van der Waals surface area contributed by atoms with Crippen LogP contribution in [-0.4, -0.2) is 64.1 Å². The van der Waals surface area contributed by atoms with Gasteiger partial charge < -0.3 is 62.6 Å². The van der Waals surface area contributed by atoms with E-state index in [2.05, 4.69) is 30.0 Å². The molecule has 1 aliphatic rings. The molecule has 142 valence electrons. The number of hydrogen-bond donors (Lipinski definition) is 4. The summed E-state index contributed by atoms with van der Waals surface area (Å²) in [6.07, 6.45) is 1.03. The van der Waals surface area contributed by atoms with Crippen LogP contribution in [0.25, 0.3) is 0 Å². The number of piperazine rings is 1. The van der Waals surface area contributed by atoms with Crippen LogP contribution in [0.1, 0.15) is 5.56 Å². The van der Waals surface area contributed by atoms with Crippen LogP contribution in [0.15, 0.2) is 24.3 Å². The minimum absolute atomic E-state index is 0. The quantitative estimate of drug-likeness (QED) is 0.349. The molecule has 0 radical (unpaired) electrons. The summed E-state index contributed by atoms with van der Waals surface area (Å²) in [6, 6.07) is 8.38. The first kappa shape index (κ1) is 26.0. The Morgan fingerprint density at radius 1 is 0.917 bits per heavy atom. The van der Waals surface area contributed by atoms with Crippen LogP contribution in [0.5, 0.6) is 5.75 Å². The first-order chi connectivity index (χ1) is 10.3. The number of nitrogens with one attached hydrogen (secondary N) is 2. The molecule has 0 aliphatic carbocycles. The van der Waals surface area contributed by atoms with Crippen molar-refractivity contribution < 1.29 is 62.6 Å². The van der Waals surface area contributed by atoms with Gasteiger partial charge in [0.15, 0.2) is 0 Å². The van der Waals surface area contributed by atoms with Gasteiger partial charge in [0.1, 0.15) is 51.6 Å². The maximum atomic E-state index is 8.95. The SMILES string of the molecule is [Cl-].[Cl-].[Cl-].[NH3+]CCc1ccc(OCC[NH+]2CC[NH+](CCO)CC2)cc1. The van der Waals surface area contributed by atoms with Gasteiger partial charge in [-0.1, -0.05) is 12.1 Å². The van der Waals surface area contributed by atoms with E-state index in [0.29, 0.717) is 6.61 Å². The highest BCUT2D eigenvalue weighted by molar-refractivity contribution is 5.27. The summed E-state index contributed by atoms with van der Waals surface area (Å²) in [7, 11) is 0. The number of hydrogen-bond acceptors (Lipinski definition) is 2. The fraction of sp³-hybridized carbons (Fsp3) is 0.625. The highest BCUT2D eigenvalue weighted by Gasteiger charge is 2.21. The summed E-state index contributed by atoms with van der Waals surface area (Å²) in [4.78, 5) is 3.15. The number of benzene rings is 1. The molecule has 0 aromatic heterocycles. The molecule has 0 amide bonds. The van der Waals surface area contributed by atoms with Crippen molar-refractivity contribution in [3.63, 3.8) is 0 Å². The molecule has 1 aliphatic heterocycles. The molecule has 24 heavy (non-hydrogen) atoms. The lowest BCUT2D eigenvalue weighted by Gasteiger charge is -2.29. The number of aliphatic hydroxyl groups excluding tert-OH is 1. The van der Waals surface area contributed by atoms with Gasteiger partial charge in [-0.05, 0) is 17.7 Å². The second-order valence-corrected chi connectivity index (χ2v) is 5.82. The normalized spacial score (nSPS) is 19.4. The lowest BCUT2D eigenvalue weighted by atomic mass is 10.1. The molecule has 1 aromatic carbocycles. The Kier molecular flexibility index (Phi) is 16.3. The van der Waals surface area contributed by atoms with Crippen molar-refractivity contribution in [1.82, 2.24) is 0 Å². The van der Waals surface area contributed by atoms with Crippen LogP contribution in [-0.2, 0) is 6.42 Å². The maximum Gasteiger partial charge on any atom is 0.137 e. The number of halogens is 3. The van der Waals surface area contributed by atoms with Crippen LogP contribution in [0.4, 0.5) is 0 Å². The number of aliphatic hydroxyl groups is 1. The molecule has 1 heterocycles. The lowest BCUT2D eigenvalue weighted by Crippen LogP contribution is -3.28. The average Bonchev–Trinajstić information content (AvgIpc) is 2.51. The largest absolute Gasteiger partial charge is 1.00 e. The molecular formula is C16H30Cl3N3O2. The van der Waals surface area contributed by atoms with Crippen LogP contribution in [0.3, 0.4) is 0 Å². The summed E-state index contributed by atoms with van der Waals surface area (Å²) < 4.78 is 5.83. The minimum Gasteiger partial charge on any atom is -1.00 e. The van der Waals surface area contributed by atoms with Crippen molar-refractivity contribution in [2.24, 2.45) is 0 Å². The van der Waals surface area contributed by atoms with E-state index in [9.17, 15) is 0 Å². The van der Waals surface area contributed by atoms with Crippen molar-refractivity contribution in [2.75, 3.05) is 59.0 Å². The molecule has 0 bridgehead atoms. The number of rotatable bonds is 8. The fourth-order valence-corrected chi connectivity index (χ4v) is 2.88. The summed E-state index contributed by atoms with van der Waals surface area (Å²) in [5, 5.41) is 8.95. The Bertz CT molecular complexity index is 402. The predicted molar refractivity (Wildman–Crippen MR) is 81.6 cm³/mol. The lowest BCUT2D eigenvalue weighted by molar-refractivity contribution is -1.01. The standard InChI is InChI=1S/C16H27N3O2.3ClH/c17-6-5-15-1-3-16(4-2-15)21-14-12-19-9-7-18(8-10-19)11-13-20;;;/h1-4,20H,5-14,17H2;3*1H. The van der Waals surface area contributed by atoms with Crippen LogP contribution in [0.2, 0.25) is 0 Å². The molecule has 5 nitrogen and oxygen atoms in total. The van der Waals surface area contributed by atoms with Gasteiger partial charge in [0.05, 0.1) is 13.2 Å². The topological polar surface area (TPSA) is 66.0 Å². The average molecular weight is 403 g/mol. The van der Waals surface area contributed by atoms with E-state index in [-0.39, 0.29) is 37.2 Å². The second-order valence-electron chi connectivity index (χ2n) is 5.82. The third-order valence-electron chi connectivity index (χ3n) is 4.24. The van der Waals surface area contributed by atoms with Gasteiger partial charge in [0.2, 0.25) is 0 Å². The van der Waals surface area contributed by atoms with Gasteiger partial charge in [-0.3, -0.25) is 0 Å². The molecule has 1 fully saturated rings. The third kappa shape index (κ3) is 9.28. The number of quaternary nitrogens is 3. The monoisotopic (exact) mass is 401 g/mol. The zero-order valence-electron chi connectivity index (χ0n) is 14.1. The van der Waals surface area contributed by atoms with Crippen molar-refractivity contribution >= 4 is 0 Å². The van der Waals surface area contributed by atoms with Crippen LogP contribution < -0.4 is 57.5 Å².